The normalized spacial score (nSPS) is 22.4. The lowest BCUT2D eigenvalue weighted by molar-refractivity contribution is -0.152. The Morgan fingerprint density at radius 1 is 1.48 bits per heavy atom. The van der Waals surface area contributed by atoms with Gasteiger partial charge in [-0.1, -0.05) is 0 Å². The molecule has 6 nitrogen and oxygen atoms in total. The third kappa shape index (κ3) is 3.14. The van der Waals surface area contributed by atoms with Crippen molar-refractivity contribution < 1.29 is 19.1 Å². The van der Waals surface area contributed by atoms with Crippen LogP contribution in [0.2, 0.25) is 0 Å². The van der Waals surface area contributed by atoms with Gasteiger partial charge in [0.15, 0.2) is 6.61 Å². The molecule has 0 spiro atoms. The summed E-state index contributed by atoms with van der Waals surface area (Å²) in [6.45, 7) is 1.08. The molecule has 0 radical (unpaired) electrons. The molecule has 1 unspecified atom stereocenters. The number of amides is 2. The molecule has 1 atom stereocenters. The molecule has 1 heterocycles. The number of thiophene rings is 1. The molecule has 1 aliphatic carbocycles. The monoisotopic (exact) mass is 350 g/mol. The molecule has 1 aliphatic rings. The minimum Gasteiger partial charge on any atom is -0.455 e. The van der Waals surface area contributed by atoms with E-state index in [1.54, 1.807) is 12.3 Å². The van der Waals surface area contributed by atoms with E-state index in [1.807, 2.05) is 0 Å². The topological polar surface area (TPSA) is 98.5 Å². The molecule has 0 bridgehead atoms. The van der Waals surface area contributed by atoms with Gasteiger partial charge in [-0.2, -0.15) is 0 Å². The first-order valence-corrected chi connectivity index (χ1v) is 7.53. The van der Waals surface area contributed by atoms with Gasteiger partial charge in [0.25, 0.3) is 11.8 Å². The second-order valence-corrected chi connectivity index (χ2v) is 7.27. The third-order valence-corrected chi connectivity index (χ3v) is 5.16. The largest absolute Gasteiger partial charge is 0.455 e. The van der Waals surface area contributed by atoms with Crippen LogP contribution in [-0.2, 0) is 14.3 Å². The van der Waals surface area contributed by atoms with Gasteiger partial charge in [0.2, 0.25) is 0 Å². The maximum Gasteiger partial charge on any atom is 0.315 e. The summed E-state index contributed by atoms with van der Waals surface area (Å²) in [5, 5.41) is 4.38. The van der Waals surface area contributed by atoms with Crippen LogP contribution in [0.3, 0.4) is 0 Å². The van der Waals surface area contributed by atoms with Crippen molar-refractivity contribution in [3.8, 4) is 0 Å². The zero-order valence-electron chi connectivity index (χ0n) is 10.9. The number of primary amides is 1. The summed E-state index contributed by atoms with van der Waals surface area (Å²) in [7, 11) is 0. The maximum absolute atomic E-state index is 11.8. The number of hydrogen-bond acceptors (Lipinski definition) is 5. The zero-order chi connectivity index (χ0) is 15.8. The summed E-state index contributed by atoms with van der Waals surface area (Å²) in [5.41, 5.74) is 4.37. The molecule has 0 aliphatic heterocycles. The van der Waals surface area contributed by atoms with E-state index in [1.165, 1.54) is 6.07 Å². The summed E-state index contributed by atoms with van der Waals surface area (Å²) >= 11 is 12.8. The predicted molar refractivity (Wildman–Crippen MR) is 79.6 cm³/mol. The van der Waals surface area contributed by atoms with Gasteiger partial charge in [0.05, 0.1) is 5.56 Å². The molecule has 3 N–H and O–H groups in total. The number of carbonyl (C=O) groups is 3. The number of hydrogen-bond donors (Lipinski definition) is 2. The van der Waals surface area contributed by atoms with Crippen LogP contribution < -0.4 is 11.1 Å². The zero-order valence-corrected chi connectivity index (χ0v) is 13.3. The van der Waals surface area contributed by atoms with Gasteiger partial charge in [-0.15, -0.1) is 34.5 Å². The molecule has 21 heavy (non-hydrogen) atoms. The number of halogens is 2. The minimum atomic E-state index is -1.15. The van der Waals surface area contributed by atoms with Crippen molar-refractivity contribution in [1.82, 2.24) is 0 Å². The van der Waals surface area contributed by atoms with Crippen molar-refractivity contribution in [2.45, 2.75) is 17.7 Å². The maximum atomic E-state index is 11.8. The Kier molecular flexibility index (Phi) is 4.19. The van der Waals surface area contributed by atoms with E-state index in [0.717, 1.165) is 11.3 Å². The predicted octanol–water partition coefficient (Wildman–Crippen LogP) is 1.91. The number of esters is 1. The van der Waals surface area contributed by atoms with Crippen LogP contribution in [0.4, 0.5) is 5.00 Å². The van der Waals surface area contributed by atoms with E-state index in [2.05, 4.69) is 5.32 Å². The van der Waals surface area contributed by atoms with Crippen molar-refractivity contribution >= 4 is 57.3 Å². The van der Waals surface area contributed by atoms with Crippen LogP contribution in [0.15, 0.2) is 11.4 Å². The van der Waals surface area contributed by atoms with Crippen molar-refractivity contribution in [1.29, 1.82) is 0 Å². The Balaban J connectivity index is 1.87. The van der Waals surface area contributed by atoms with E-state index >= 15 is 0 Å². The lowest BCUT2D eigenvalue weighted by atomic mass is 10.1. The van der Waals surface area contributed by atoms with Crippen LogP contribution in [-0.4, -0.2) is 28.7 Å². The standard InChI is InChI=1S/C12H12Cl2N2O4S/c1-11(5-12(11,13)14)10(19)20-4-7(17)16-9-6(8(15)18)2-3-21-9/h2-3H,4-5H2,1H3,(H2,15,18)(H,16,17). The number of nitrogens with one attached hydrogen (secondary N) is 1. The van der Waals surface area contributed by atoms with Crippen LogP contribution in [0.25, 0.3) is 0 Å². The van der Waals surface area contributed by atoms with Gasteiger partial charge >= 0.3 is 5.97 Å². The van der Waals surface area contributed by atoms with Gasteiger partial charge in [0.1, 0.15) is 14.7 Å². The average molecular weight is 351 g/mol. The quantitative estimate of drug-likeness (QED) is 0.625. The van der Waals surface area contributed by atoms with E-state index in [4.69, 9.17) is 33.7 Å². The minimum absolute atomic E-state index is 0.203. The van der Waals surface area contributed by atoms with E-state index in [0.29, 0.717) is 5.00 Å². The fourth-order valence-corrected chi connectivity index (χ4v) is 3.17. The number of nitrogens with two attached hydrogens (primary N) is 1. The van der Waals surface area contributed by atoms with Gasteiger partial charge in [-0.25, -0.2) is 0 Å². The molecule has 0 aromatic carbocycles. The second kappa shape index (κ2) is 5.47. The van der Waals surface area contributed by atoms with Crippen LogP contribution in [0.1, 0.15) is 23.7 Å². The number of rotatable bonds is 5. The molecular weight excluding hydrogens is 339 g/mol. The fraction of sp³-hybridized carbons (Fsp3) is 0.417. The fourth-order valence-electron chi connectivity index (χ4n) is 1.67. The number of ether oxygens (including phenoxy) is 1. The second-order valence-electron chi connectivity index (χ2n) is 4.87. The first kappa shape index (κ1) is 16.1. The Bertz CT molecular complexity index is 616. The van der Waals surface area contributed by atoms with Crippen molar-refractivity contribution in [2.24, 2.45) is 11.1 Å². The summed E-state index contributed by atoms with van der Waals surface area (Å²) in [4.78, 5) is 34.6. The van der Waals surface area contributed by atoms with Gasteiger partial charge in [0, 0.05) is 6.42 Å². The van der Waals surface area contributed by atoms with Crippen LogP contribution in [0, 0.1) is 5.41 Å². The summed E-state index contributed by atoms with van der Waals surface area (Å²) in [5.74, 6) is -1.86. The van der Waals surface area contributed by atoms with E-state index in [9.17, 15) is 14.4 Å². The van der Waals surface area contributed by atoms with E-state index in [-0.39, 0.29) is 12.0 Å². The van der Waals surface area contributed by atoms with Crippen LogP contribution in [0.5, 0.6) is 0 Å². The van der Waals surface area contributed by atoms with Crippen molar-refractivity contribution in [2.75, 3.05) is 11.9 Å². The highest BCUT2D eigenvalue weighted by Gasteiger charge is 2.69. The first-order valence-electron chi connectivity index (χ1n) is 5.89. The highest BCUT2D eigenvalue weighted by atomic mass is 35.5. The lowest BCUT2D eigenvalue weighted by Crippen LogP contribution is -2.27. The molecule has 1 aromatic rings. The third-order valence-electron chi connectivity index (χ3n) is 3.23. The average Bonchev–Trinajstić information content (AvgIpc) is 2.76. The highest BCUT2D eigenvalue weighted by molar-refractivity contribution is 7.14. The smallest absolute Gasteiger partial charge is 0.315 e. The van der Waals surface area contributed by atoms with Crippen molar-refractivity contribution in [3.63, 3.8) is 0 Å². The summed E-state index contributed by atoms with van der Waals surface area (Å²) in [6.07, 6.45) is 0.278. The van der Waals surface area contributed by atoms with Crippen LogP contribution >= 0.6 is 34.5 Å². The number of anilines is 1. The van der Waals surface area contributed by atoms with Crippen molar-refractivity contribution in [3.05, 3.63) is 17.0 Å². The van der Waals surface area contributed by atoms with Gasteiger partial charge in [-0.05, 0) is 18.4 Å². The molecule has 114 valence electrons. The molecule has 1 aromatic heterocycles. The molecule has 9 heteroatoms. The molecule has 1 saturated carbocycles. The van der Waals surface area contributed by atoms with E-state index < -0.39 is 34.1 Å². The van der Waals surface area contributed by atoms with Gasteiger partial charge in [-0.3, -0.25) is 14.4 Å². The number of alkyl halides is 2. The number of carbonyl (C=O) groups excluding carboxylic acids is 3. The first-order chi connectivity index (χ1) is 9.67. The Morgan fingerprint density at radius 2 is 2.10 bits per heavy atom. The molecule has 2 rings (SSSR count). The Morgan fingerprint density at radius 3 is 2.62 bits per heavy atom. The summed E-state index contributed by atoms with van der Waals surface area (Å²) in [6, 6.07) is 1.50. The Labute approximate surface area is 134 Å². The highest BCUT2D eigenvalue weighted by Crippen LogP contribution is 2.64. The molecule has 2 amide bonds. The summed E-state index contributed by atoms with van der Waals surface area (Å²) < 4.78 is 3.74. The molecule has 1 fully saturated rings. The molecule has 0 saturated heterocycles. The Hall–Kier alpha value is -1.31. The SMILES string of the molecule is CC1(C(=O)OCC(=O)Nc2sccc2C(N)=O)CC1(Cl)Cl. The lowest BCUT2D eigenvalue weighted by Gasteiger charge is -2.11. The molecular formula is C12H12Cl2N2O4S. The van der Waals surface area contributed by atoms with Gasteiger partial charge < -0.3 is 15.8 Å².